The van der Waals surface area contributed by atoms with E-state index in [9.17, 15) is 13.2 Å². The molecule has 3 rings (SSSR count). The molecular weight excluding hydrogens is 448 g/mol. The molecule has 0 bridgehead atoms. The minimum Gasteiger partial charge on any atom is -0.496 e. The highest BCUT2D eigenvalue weighted by atomic mass is 32.2. The number of nitrogens with one attached hydrogen (secondary N) is 1. The highest BCUT2D eigenvalue weighted by Gasteiger charge is 2.22. The monoisotopic (exact) mass is 474 g/mol. The van der Waals surface area contributed by atoms with Crippen LogP contribution in [-0.4, -0.2) is 56.6 Å². The maximum absolute atomic E-state index is 12.6. The van der Waals surface area contributed by atoms with Gasteiger partial charge in [-0.1, -0.05) is 24.5 Å². The van der Waals surface area contributed by atoms with E-state index >= 15 is 0 Å². The van der Waals surface area contributed by atoms with Crippen molar-refractivity contribution >= 4 is 21.9 Å². The van der Waals surface area contributed by atoms with Gasteiger partial charge in [-0.25, -0.2) is 12.7 Å². The van der Waals surface area contributed by atoms with E-state index in [1.807, 2.05) is 6.92 Å². The molecule has 1 heterocycles. The number of carbonyl (C=O) groups is 1. The van der Waals surface area contributed by atoms with Crippen molar-refractivity contribution in [1.29, 1.82) is 0 Å². The predicted octanol–water partition coefficient (Wildman–Crippen LogP) is 3.43. The first-order valence-electron chi connectivity index (χ1n) is 10.2. The highest BCUT2D eigenvalue weighted by molar-refractivity contribution is 7.89. The first-order valence-corrected chi connectivity index (χ1v) is 11.7. The fourth-order valence-electron chi connectivity index (χ4n) is 3.07. The quantitative estimate of drug-likeness (QED) is 0.474. The second-order valence-electron chi connectivity index (χ2n) is 7.11. The molecule has 0 saturated heterocycles. The Morgan fingerprint density at radius 1 is 1.06 bits per heavy atom. The second-order valence-corrected chi connectivity index (χ2v) is 9.15. The van der Waals surface area contributed by atoms with E-state index < -0.39 is 15.9 Å². The van der Waals surface area contributed by atoms with Crippen LogP contribution in [0.3, 0.4) is 0 Å². The van der Waals surface area contributed by atoms with Crippen LogP contribution in [0.5, 0.6) is 11.5 Å². The summed E-state index contributed by atoms with van der Waals surface area (Å²) in [5, 5.41) is 10.3. The van der Waals surface area contributed by atoms with Crippen molar-refractivity contribution in [2.45, 2.75) is 24.7 Å². The molecule has 1 N–H and O–H groups in total. The van der Waals surface area contributed by atoms with Crippen molar-refractivity contribution < 1.29 is 27.1 Å². The first-order chi connectivity index (χ1) is 15.8. The summed E-state index contributed by atoms with van der Waals surface area (Å²) in [5.41, 5.74) is 0.692. The topological polar surface area (TPSA) is 124 Å². The van der Waals surface area contributed by atoms with Crippen molar-refractivity contribution in [2.75, 3.05) is 33.1 Å². The van der Waals surface area contributed by atoms with Crippen LogP contribution in [0.4, 0.5) is 6.01 Å². The van der Waals surface area contributed by atoms with Crippen molar-refractivity contribution in [3.63, 3.8) is 0 Å². The van der Waals surface area contributed by atoms with Crippen LogP contribution in [0.1, 0.15) is 30.1 Å². The lowest BCUT2D eigenvalue weighted by atomic mass is 10.2. The van der Waals surface area contributed by atoms with Crippen LogP contribution in [0.2, 0.25) is 0 Å². The van der Waals surface area contributed by atoms with Crippen molar-refractivity contribution in [3.8, 4) is 23.0 Å². The largest absolute Gasteiger partial charge is 0.496 e. The molecule has 0 aliphatic carbocycles. The Balaban J connectivity index is 1.76. The lowest BCUT2D eigenvalue weighted by molar-refractivity contribution is 0.102. The van der Waals surface area contributed by atoms with Gasteiger partial charge in [0.05, 0.1) is 19.1 Å². The van der Waals surface area contributed by atoms with Gasteiger partial charge in [0, 0.05) is 19.2 Å². The average molecular weight is 475 g/mol. The normalized spacial score (nSPS) is 11.4. The van der Waals surface area contributed by atoms with Gasteiger partial charge >= 0.3 is 6.01 Å². The minimum absolute atomic E-state index is 0.108. The summed E-state index contributed by atoms with van der Waals surface area (Å²) in [6.45, 7) is 2.42. The average Bonchev–Trinajstić information content (AvgIpc) is 3.29. The molecule has 0 saturated carbocycles. The summed E-state index contributed by atoms with van der Waals surface area (Å²) in [6.07, 6.45) is 1.66. The van der Waals surface area contributed by atoms with Gasteiger partial charge in [-0.05, 0) is 42.8 Å². The van der Waals surface area contributed by atoms with E-state index in [2.05, 4.69) is 15.5 Å². The Hall–Kier alpha value is -3.44. The molecule has 2 aromatic carbocycles. The van der Waals surface area contributed by atoms with Crippen LogP contribution < -0.4 is 14.8 Å². The van der Waals surface area contributed by atoms with E-state index in [4.69, 9.17) is 13.9 Å². The van der Waals surface area contributed by atoms with E-state index in [0.717, 1.165) is 12.8 Å². The molecule has 0 aliphatic rings. The van der Waals surface area contributed by atoms with E-state index in [1.165, 1.54) is 49.8 Å². The molecule has 10 nitrogen and oxygen atoms in total. The predicted molar refractivity (Wildman–Crippen MR) is 122 cm³/mol. The number of sulfonamides is 1. The number of nitrogens with zero attached hydrogens (tertiary/aromatic N) is 3. The zero-order valence-electron chi connectivity index (χ0n) is 18.9. The SMILES string of the molecule is CCCCN(C)S(=O)(=O)c1ccc(C(=O)Nc2nnc(-c3c(OC)cccc3OC)o2)cc1. The highest BCUT2D eigenvalue weighted by Crippen LogP contribution is 2.37. The number of carbonyl (C=O) groups excluding carboxylic acids is 1. The summed E-state index contributed by atoms with van der Waals surface area (Å²) in [4.78, 5) is 12.7. The molecule has 1 aromatic heterocycles. The lowest BCUT2D eigenvalue weighted by Crippen LogP contribution is -2.28. The second kappa shape index (κ2) is 10.5. The summed E-state index contributed by atoms with van der Waals surface area (Å²) in [5.74, 6) is 0.518. The van der Waals surface area contributed by atoms with Gasteiger partial charge in [0.1, 0.15) is 17.1 Å². The van der Waals surface area contributed by atoms with Crippen LogP contribution in [0.15, 0.2) is 51.8 Å². The molecule has 0 aliphatic heterocycles. The van der Waals surface area contributed by atoms with E-state index in [0.29, 0.717) is 23.6 Å². The van der Waals surface area contributed by atoms with Crippen LogP contribution in [-0.2, 0) is 10.0 Å². The Labute approximate surface area is 192 Å². The molecule has 0 fully saturated rings. The van der Waals surface area contributed by atoms with Gasteiger partial charge in [0.15, 0.2) is 0 Å². The summed E-state index contributed by atoms with van der Waals surface area (Å²) >= 11 is 0. The Morgan fingerprint density at radius 2 is 1.70 bits per heavy atom. The van der Waals surface area contributed by atoms with Gasteiger partial charge in [-0.3, -0.25) is 10.1 Å². The molecule has 0 atom stereocenters. The fraction of sp³-hybridized carbons (Fsp3) is 0.318. The van der Waals surface area contributed by atoms with Crippen molar-refractivity contribution in [2.24, 2.45) is 0 Å². The van der Waals surface area contributed by atoms with Gasteiger partial charge in [0.25, 0.3) is 11.8 Å². The molecule has 1 amide bonds. The zero-order valence-corrected chi connectivity index (χ0v) is 19.7. The summed E-state index contributed by atoms with van der Waals surface area (Å²) in [6, 6.07) is 10.7. The molecule has 176 valence electrons. The first kappa shape index (κ1) is 24.2. The molecule has 0 unspecified atom stereocenters. The zero-order chi connectivity index (χ0) is 24.0. The number of methoxy groups -OCH3 is 2. The third-order valence-corrected chi connectivity index (χ3v) is 6.81. The number of hydrogen-bond acceptors (Lipinski definition) is 8. The molecule has 11 heteroatoms. The number of aromatic nitrogens is 2. The summed E-state index contributed by atoms with van der Waals surface area (Å²) < 4.78 is 42.8. The maximum atomic E-state index is 12.6. The number of amides is 1. The van der Waals surface area contributed by atoms with E-state index in [1.54, 1.807) is 18.2 Å². The number of hydrogen-bond donors (Lipinski definition) is 1. The van der Waals surface area contributed by atoms with Gasteiger partial charge in [-0.15, -0.1) is 5.10 Å². The van der Waals surface area contributed by atoms with Crippen LogP contribution in [0, 0.1) is 0 Å². The fourth-order valence-corrected chi connectivity index (χ4v) is 4.27. The number of unbranched alkanes of at least 4 members (excludes halogenated alkanes) is 1. The maximum Gasteiger partial charge on any atom is 0.322 e. The third-order valence-electron chi connectivity index (χ3n) is 4.94. The van der Waals surface area contributed by atoms with Crippen molar-refractivity contribution in [1.82, 2.24) is 14.5 Å². The van der Waals surface area contributed by atoms with Crippen LogP contribution >= 0.6 is 0 Å². The third kappa shape index (κ3) is 5.32. The number of rotatable bonds is 10. The minimum atomic E-state index is -3.62. The molecule has 3 aromatic rings. The van der Waals surface area contributed by atoms with Crippen molar-refractivity contribution in [3.05, 3.63) is 48.0 Å². The van der Waals surface area contributed by atoms with Gasteiger partial charge in [0.2, 0.25) is 10.0 Å². The molecular formula is C22H26N4O6S. The lowest BCUT2D eigenvalue weighted by Gasteiger charge is -2.16. The van der Waals surface area contributed by atoms with E-state index in [-0.39, 0.29) is 22.4 Å². The smallest absolute Gasteiger partial charge is 0.322 e. The molecule has 0 radical (unpaired) electrons. The summed E-state index contributed by atoms with van der Waals surface area (Å²) in [7, 11) is 0.927. The Kier molecular flexibility index (Phi) is 7.67. The standard InChI is InChI=1S/C22H26N4O6S/c1-5-6-14-26(2)33(28,29)16-12-10-15(11-13-16)20(27)23-22-25-24-21(32-22)19-17(30-3)8-7-9-18(19)31-4/h7-13H,5-6,14H2,1-4H3,(H,23,25,27). The van der Waals surface area contributed by atoms with Crippen LogP contribution in [0.25, 0.3) is 11.5 Å². The number of anilines is 1. The van der Waals surface area contributed by atoms with Gasteiger partial charge < -0.3 is 13.9 Å². The molecule has 0 spiro atoms. The number of ether oxygens (including phenoxy) is 2. The molecule has 33 heavy (non-hydrogen) atoms. The Morgan fingerprint density at radius 3 is 2.27 bits per heavy atom. The van der Waals surface area contributed by atoms with Gasteiger partial charge in [-0.2, -0.15) is 0 Å². The Bertz CT molecular complexity index is 1190. The number of benzene rings is 2.